The summed E-state index contributed by atoms with van der Waals surface area (Å²) in [5.41, 5.74) is -0.341. The van der Waals surface area contributed by atoms with Crippen molar-refractivity contribution in [1.29, 1.82) is 0 Å². The Morgan fingerprint density at radius 3 is 1.91 bits per heavy atom. The standard InChI is InChI=1S/C37H33IO4Si/c1-36(2,3)43(26-14-6-4-7-15-26,27-16-8-5-9-17-27)42-25-22-23-37(35(41)30-20-12-13-21-32(30)38)31(24-25)33(39)28-18-10-11-19-29(28)34(37)40/h4-22,31H,23-24H2,1-3H3/t31-,37+/m0/s1. The van der Waals surface area contributed by atoms with Gasteiger partial charge in [0.15, 0.2) is 17.3 Å². The van der Waals surface area contributed by atoms with Crippen LogP contribution in [0, 0.1) is 14.9 Å². The Kier molecular flexibility index (Phi) is 7.63. The first-order valence-electron chi connectivity index (χ1n) is 14.6. The first kappa shape index (κ1) is 29.4. The zero-order chi connectivity index (χ0) is 30.4. The first-order chi connectivity index (χ1) is 20.6. The first-order valence-corrected chi connectivity index (χ1v) is 17.6. The molecule has 0 unspecified atom stereocenters. The normalized spacial score (nSPS) is 20.1. The summed E-state index contributed by atoms with van der Waals surface area (Å²) in [5.74, 6) is -0.942. The van der Waals surface area contributed by atoms with Gasteiger partial charge in [0.25, 0.3) is 0 Å². The molecule has 0 aliphatic heterocycles. The second kappa shape index (κ2) is 11.1. The zero-order valence-corrected chi connectivity index (χ0v) is 27.6. The maximum Gasteiger partial charge on any atom is 0.319 e. The van der Waals surface area contributed by atoms with Crippen molar-refractivity contribution in [3.05, 3.63) is 141 Å². The molecule has 2 aliphatic rings. The summed E-state index contributed by atoms with van der Waals surface area (Å²) in [5, 5.41) is 1.97. The number of carbonyl (C=O) groups is 3. The largest absolute Gasteiger partial charge is 0.537 e. The Morgan fingerprint density at radius 2 is 1.33 bits per heavy atom. The van der Waals surface area contributed by atoms with E-state index in [1.54, 1.807) is 36.4 Å². The molecular formula is C37H33IO4Si. The number of ketones is 3. The maximum atomic E-state index is 14.5. The lowest BCUT2D eigenvalue weighted by molar-refractivity contribution is 0.0440. The van der Waals surface area contributed by atoms with Crippen LogP contribution in [0.25, 0.3) is 0 Å². The van der Waals surface area contributed by atoms with Crippen LogP contribution in [0.5, 0.6) is 0 Å². The van der Waals surface area contributed by atoms with Crippen LogP contribution < -0.4 is 10.4 Å². The van der Waals surface area contributed by atoms with Gasteiger partial charge in [0.1, 0.15) is 5.41 Å². The summed E-state index contributed by atoms with van der Waals surface area (Å²) < 4.78 is 8.07. The van der Waals surface area contributed by atoms with E-state index in [1.165, 1.54) is 0 Å². The van der Waals surface area contributed by atoms with Crippen molar-refractivity contribution in [2.24, 2.45) is 11.3 Å². The van der Waals surface area contributed by atoms with E-state index in [2.05, 4.69) is 67.6 Å². The number of carbonyl (C=O) groups excluding carboxylic acids is 3. The summed E-state index contributed by atoms with van der Waals surface area (Å²) in [6.45, 7) is 6.62. The fourth-order valence-corrected chi connectivity index (χ4v) is 12.1. The summed E-state index contributed by atoms with van der Waals surface area (Å²) in [7, 11) is -2.98. The second-order valence-corrected chi connectivity index (χ2v) is 17.8. The predicted octanol–water partition coefficient (Wildman–Crippen LogP) is 7.41. The van der Waals surface area contributed by atoms with Crippen LogP contribution >= 0.6 is 22.6 Å². The van der Waals surface area contributed by atoms with Crippen molar-refractivity contribution >= 4 is 58.6 Å². The van der Waals surface area contributed by atoms with Crippen molar-refractivity contribution in [3.8, 4) is 0 Å². The quantitative estimate of drug-likeness (QED) is 0.0913. The number of Topliss-reactive ketones (excluding diaryl/α,β-unsaturated/α-hetero) is 3. The molecule has 4 aromatic rings. The molecule has 4 nitrogen and oxygen atoms in total. The zero-order valence-electron chi connectivity index (χ0n) is 24.5. The molecule has 0 fully saturated rings. The molecule has 6 heteroatoms. The minimum absolute atomic E-state index is 0.105. The van der Waals surface area contributed by atoms with Crippen molar-refractivity contribution in [2.75, 3.05) is 0 Å². The third-order valence-electron chi connectivity index (χ3n) is 9.04. The fourth-order valence-electron chi connectivity index (χ4n) is 6.94. The third-order valence-corrected chi connectivity index (χ3v) is 14.9. The highest BCUT2D eigenvalue weighted by Gasteiger charge is 2.60. The minimum atomic E-state index is -2.98. The van der Waals surface area contributed by atoms with Gasteiger partial charge in [-0.15, -0.1) is 0 Å². The van der Waals surface area contributed by atoms with E-state index in [9.17, 15) is 14.4 Å². The summed E-state index contributed by atoms with van der Waals surface area (Å²) >= 11 is 2.14. The number of halogens is 1. The molecule has 4 aromatic carbocycles. The van der Waals surface area contributed by atoms with Gasteiger partial charge < -0.3 is 4.43 Å². The molecular weight excluding hydrogens is 663 g/mol. The van der Waals surface area contributed by atoms with Gasteiger partial charge in [-0.25, -0.2) is 0 Å². The number of fused-ring (bicyclic) bond motifs is 2. The van der Waals surface area contributed by atoms with Gasteiger partial charge in [-0.1, -0.05) is 124 Å². The van der Waals surface area contributed by atoms with Gasteiger partial charge >= 0.3 is 8.32 Å². The van der Waals surface area contributed by atoms with E-state index >= 15 is 0 Å². The van der Waals surface area contributed by atoms with Crippen LogP contribution in [0.3, 0.4) is 0 Å². The Morgan fingerprint density at radius 1 is 0.791 bits per heavy atom. The predicted molar refractivity (Wildman–Crippen MR) is 181 cm³/mol. The van der Waals surface area contributed by atoms with E-state index in [-0.39, 0.29) is 35.2 Å². The average molecular weight is 697 g/mol. The van der Waals surface area contributed by atoms with Gasteiger partial charge in [0.05, 0.1) is 5.76 Å². The lowest BCUT2D eigenvalue weighted by Gasteiger charge is -2.47. The molecule has 0 amide bonds. The molecule has 0 bridgehead atoms. The summed E-state index contributed by atoms with van der Waals surface area (Å²) in [6.07, 6.45) is 2.20. The lowest BCUT2D eigenvalue weighted by Crippen LogP contribution is -2.66. The summed E-state index contributed by atoms with van der Waals surface area (Å²) in [4.78, 5) is 43.2. The number of rotatable bonds is 6. The molecule has 2 aliphatic carbocycles. The van der Waals surface area contributed by atoms with E-state index in [1.807, 2.05) is 54.6 Å². The highest BCUT2D eigenvalue weighted by molar-refractivity contribution is 14.1. The van der Waals surface area contributed by atoms with Crippen molar-refractivity contribution in [1.82, 2.24) is 0 Å². The van der Waals surface area contributed by atoms with Gasteiger partial charge in [-0.2, -0.15) is 0 Å². The van der Waals surface area contributed by atoms with Gasteiger partial charge in [0, 0.05) is 32.6 Å². The third kappa shape index (κ3) is 4.66. The average Bonchev–Trinajstić information content (AvgIpc) is 3.02. The SMILES string of the molecule is CC(C)(C)[Si](OC1=CC[C@]2(C(=O)c3ccccc3I)C(=O)c3ccccc3C(=O)[C@@H]2C1)(c1ccccc1)c1ccccc1. The molecule has 0 aromatic heterocycles. The Labute approximate surface area is 267 Å². The van der Waals surface area contributed by atoms with Crippen molar-refractivity contribution < 1.29 is 18.8 Å². The lowest BCUT2D eigenvalue weighted by atomic mass is 9.55. The molecule has 0 heterocycles. The smallest absolute Gasteiger partial charge is 0.319 e. The fraction of sp³-hybridized carbons (Fsp3) is 0.216. The van der Waals surface area contributed by atoms with Crippen LogP contribution in [-0.4, -0.2) is 25.7 Å². The minimum Gasteiger partial charge on any atom is -0.537 e. The molecule has 2 atom stereocenters. The maximum absolute atomic E-state index is 14.5. The molecule has 0 saturated heterocycles. The Hall–Kier alpha value is -3.62. The van der Waals surface area contributed by atoms with Crippen LogP contribution in [0.4, 0.5) is 0 Å². The molecule has 0 spiro atoms. The molecule has 0 N–H and O–H groups in total. The topological polar surface area (TPSA) is 60.4 Å². The van der Waals surface area contributed by atoms with Gasteiger partial charge in [-0.3, -0.25) is 14.4 Å². The second-order valence-electron chi connectivity index (χ2n) is 12.4. The molecule has 0 saturated carbocycles. The highest BCUT2D eigenvalue weighted by atomic mass is 127. The molecule has 0 radical (unpaired) electrons. The number of allylic oxidation sites excluding steroid dienone is 2. The Balaban J connectivity index is 1.52. The van der Waals surface area contributed by atoms with E-state index < -0.39 is 19.7 Å². The van der Waals surface area contributed by atoms with Gasteiger partial charge in [0.2, 0.25) is 0 Å². The van der Waals surface area contributed by atoms with Crippen LogP contribution in [-0.2, 0) is 4.43 Å². The van der Waals surface area contributed by atoms with E-state index in [0.717, 1.165) is 13.9 Å². The van der Waals surface area contributed by atoms with E-state index in [0.29, 0.717) is 22.4 Å². The van der Waals surface area contributed by atoms with E-state index in [4.69, 9.17) is 4.43 Å². The van der Waals surface area contributed by atoms with Crippen LogP contribution in [0.15, 0.2) is 121 Å². The monoisotopic (exact) mass is 696 g/mol. The highest BCUT2D eigenvalue weighted by Crippen LogP contribution is 2.52. The van der Waals surface area contributed by atoms with Crippen LogP contribution in [0.2, 0.25) is 5.04 Å². The number of hydrogen-bond acceptors (Lipinski definition) is 4. The van der Waals surface area contributed by atoms with Crippen molar-refractivity contribution in [2.45, 2.75) is 38.7 Å². The van der Waals surface area contributed by atoms with Crippen LogP contribution in [0.1, 0.15) is 64.7 Å². The molecule has 43 heavy (non-hydrogen) atoms. The molecule has 216 valence electrons. The Bertz CT molecular complexity index is 1720. The summed E-state index contributed by atoms with van der Waals surface area (Å²) in [6, 6.07) is 34.9. The number of benzene rings is 4. The molecule has 6 rings (SSSR count). The van der Waals surface area contributed by atoms with Crippen molar-refractivity contribution in [3.63, 3.8) is 0 Å². The van der Waals surface area contributed by atoms with Gasteiger partial charge in [-0.05, 0) is 56.6 Å². The number of hydrogen-bond donors (Lipinski definition) is 0.